The fourth-order valence-corrected chi connectivity index (χ4v) is 2.25. The smallest absolute Gasteiger partial charge is 0.306 e. The minimum absolute atomic E-state index is 0.175. The second-order valence-corrected chi connectivity index (χ2v) is 4.97. The lowest BCUT2D eigenvalue weighted by atomic mass is 10.1. The topological polar surface area (TPSA) is 78.5 Å². The van der Waals surface area contributed by atoms with Crippen molar-refractivity contribution in [2.75, 3.05) is 0 Å². The number of aromatic nitrogens is 4. The lowest BCUT2D eigenvalue weighted by Crippen LogP contribution is -2.18. The van der Waals surface area contributed by atoms with Gasteiger partial charge in [0.2, 0.25) is 0 Å². The number of imidazole rings is 1. The molecule has 0 aliphatic carbocycles. The summed E-state index contributed by atoms with van der Waals surface area (Å²) in [6, 6.07) is 8.10. The zero-order valence-electron chi connectivity index (χ0n) is 11.5. The van der Waals surface area contributed by atoms with Crippen LogP contribution in [0.25, 0.3) is 11.0 Å². The van der Waals surface area contributed by atoms with Crippen LogP contribution in [0.2, 0.25) is 0 Å². The van der Waals surface area contributed by atoms with Crippen LogP contribution in [-0.4, -0.2) is 19.7 Å². The Morgan fingerprint density at radius 2 is 2.10 bits per heavy atom. The Bertz CT molecular complexity index is 782. The van der Waals surface area contributed by atoms with Gasteiger partial charge in [-0.3, -0.25) is 4.68 Å². The summed E-state index contributed by atoms with van der Waals surface area (Å²) in [5.74, 6) is 0. The van der Waals surface area contributed by atoms with Crippen LogP contribution in [0.5, 0.6) is 0 Å². The number of nitrogens with zero attached hydrogens (tertiary/aromatic N) is 2. The fourth-order valence-electron chi connectivity index (χ4n) is 2.25. The summed E-state index contributed by atoms with van der Waals surface area (Å²) >= 11 is 0. The van der Waals surface area contributed by atoms with E-state index in [1.54, 1.807) is 4.68 Å². The molecule has 20 heavy (non-hydrogen) atoms. The maximum atomic E-state index is 11.2. The van der Waals surface area contributed by atoms with Gasteiger partial charge < -0.3 is 15.3 Å². The minimum atomic E-state index is -0.175. The van der Waals surface area contributed by atoms with Gasteiger partial charge >= 0.3 is 5.69 Å². The number of benzene rings is 1. The van der Waals surface area contributed by atoms with E-state index in [1.807, 2.05) is 37.5 Å². The molecule has 2 aromatic heterocycles. The van der Waals surface area contributed by atoms with Crippen LogP contribution < -0.4 is 11.0 Å². The van der Waals surface area contributed by atoms with E-state index in [0.717, 1.165) is 22.3 Å². The molecule has 0 bridgehead atoms. The SMILES string of the molecule is CC(NCc1ccn(C)n1)c1ccc2[nH]c(=O)[nH]c2c1. The van der Waals surface area contributed by atoms with Crippen molar-refractivity contribution in [3.8, 4) is 0 Å². The molecule has 3 N–H and O–H groups in total. The Morgan fingerprint density at radius 1 is 1.30 bits per heavy atom. The molecular weight excluding hydrogens is 254 g/mol. The highest BCUT2D eigenvalue weighted by Gasteiger charge is 2.08. The third kappa shape index (κ3) is 2.50. The van der Waals surface area contributed by atoms with Gasteiger partial charge in [0.25, 0.3) is 0 Å². The van der Waals surface area contributed by atoms with Crippen molar-refractivity contribution in [2.24, 2.45) is 7.05 Å². The number of fused-ring (bicyclic) bond motifs is 1. The Hall–Kier alpha value is -2.34. The van der Waals surface area contributed by atoms with Gasteiger partial charge in [-0.15, -0.1) is 0 Å². The van der Waals surface area contributed by atoms with Crippen molar-refractivity contribution in [1.82, 2.24) is 25.1 Å². The van der Waals surface area contributed by atoms with E-state index in [9.17, 15) is 4.79 Å². The number of hydrogen-bond donors (Lipinski definition) is 3. The van der Waals surface area contributed by atoms with Crippen molar-refractivity contribution in [1.29, 1.82) is 0 Å². The van der Waals surface area contributed by atoms with Gasteiger partial charge in [0.15, 0.2) is 0 Å². The quantitative estimate of drug-likeness (QED) is 0.672. The second kappa shape index (κ2) is 4.97. The molecule has 0 amide bonds. The highest BCUT2D eigenvalue weighted by Crippen LogP contribution is 2.17. The third-order valence-corrected chi connectivity index (χ3v) is 3.40. The Morgan fingerprint density at radius 3 is 2.85 bits per heavy atom. The zero-order valence-corrected chi connectivity index (χ0v) is 11.5. The molecule has 0 fully saturated rings. The van der Waals surface area contributed by atoms with E-state index in [0.29, 0.717) is 6.54 Å². The molecule has 1 aromatic carbocycles. The summed E-state index contributed by atoms with van der Waals surface area (Å²) in [6.07, 6.45) is 1.93. The van der Waals surface area contributed by atoms with Crippen LogP contribution in [-0.2, 0) is 13.6 Å². The number of aromatic amines is 2. The Labute approximate surface area is 115 Å². The number of rotatable bonds is 4. The molecule has 0 radical (unpaired) electrons. The first-order valence-electron chi connectivity index (χ1n) is 6.55. The molecule has 104 valence electrons. The average molecular weight is 271 g/mol. The minimum Gasteiger partial charge on any atom is -0.306 e. The second-order valence-electron chi connectivity index (χ2n) is 4.97. The molecule has 6 heteroatoms. The summed E-state index contributed by atoms with van der Waals surface area (Å²) in [4.78, 5) is 16.8. The van der Waals surface area contributed by atoms with Gasteiger partial charge in [0.1, 0.15) is 0 Å². The Balaban J connectivity index is 1.74. The van der Waals surface area contributed by atoms with Gasteiger partial charge in [-0.05, 0) is 30.7 Å². The van der Waals surface area contributed by atoms with Crippen LogP contribution in [0.1, 0.15) is 24.2 Å². The fraction of sp³-hybridized carbons (Fsp3) is 0.286. The summed E-state index contributed by atoms with van der Waals surface area (Å²) in [6.45, 7) is 2.80. The molecule has 3 rings (SSSR count). The molecule has 0 aliphatic heterocycles. The van der Waals surface area contributed by atoms with Crippen molar-refractivity contribution in [2.45, 2.75) is 19.5 Å². The van der Waals surface area contributed by atoms with Crippen molar-refractivity contribution >= 4 is 11.0 Å². The van der Waals surface area contributed by atoms with Crippen LogP contribution in [0, 0.1) is 0 Å². The third-order valence-electron chi connectivity index (χ3n) is 3.40. The zero-order chi connectivity index (χ0) is 14.1. The standard InChI is InChI=1S/C14H17N5O/c1-9(15-8-11-5-6-19(2)18-11)10-3-4-12-13(7-10)17-14(20)16-12/h3-7,9,15H,8H2,1-2H3,(H2,16,17,20). The van der Waals surface area contributed by atoms with Crippen molar-refractivity contribution < 1.29 is 0 Å². The summed E-state index contributed by atoms with van der Waals surface area (Å²) in [5.41, 5.74) is 3.63. The molecular formula is C14H17N5O. The summed E-state index contributed by atoms with van der Waals surface area (Å²) in [7, 11) is 1.91. The van der Waals surface area contributed by atoms with Gasteiger partial charge in [-0.1, -0.05) is 6.07 Å². The molecule has 1 unspecified atom stereocenters. The van der Waals surface area contributed by atoms with E-state index < -0.39 is 0 Å². The highest BCUT2D eigenvalue weighted by atomic mass is 16.1. The average Bonchev–Trinajstić information content (AvgIpc) is 2.99. The molecule has 1 atom stereocenters. The van der Waals surface area contributed by atoms with Gasteiger partial charge in [0.05, 0.1) is 16.7 Å². The summed E-state index contributed by atoms with van der Waals surface area (Å²) < 4.78 is 1.79. The van der Waals surface area contributed by atoms with E-state index in [2.05, 4.69) is 27.3 Å². The first-order chi connectivity index (χ1) is 9.61. The predicted octanol–water partition coefficient (Wildman–Crippen LogP) is 1.44. The van der Waals surface area contributed by atoms with E-state index in [1.165, 1.54) is 0 Å². The lowest BCUT2D eigenvalue weighted by molar-refractivity contribution is 0.562. The number of H-pyrrole nitrogens is 2. The molecule has 6 nitrogen and oxygen atoms in total. The Kier molecular flexibility index (Phi) is 3.15. The molecule has 2 heterocycles. The normalized spacial score (nSPS) is 12.9. The van der Waals surface area contributed by atoms with Crippen LogP contribution in [0.3, 0.4) is 0 Å². The maximum absolute atomic E-state index is 11.2. The van der Waals surface area contributed by atoms with E-state index >= 15 is 0 Å². The van der Waals surface area contributed by atoms with Crippen LogP contribution in [0.15, 0.2) is 35.3 Å². The first kappa shape index (κ1) is 12.7. The van der Waals surface area contributed by atoms with E-state index in [4.69, 9.17) is 0 Å². The number of aryl methyl sites for hydroxylation is 1. The first-order valence-corrected chi connectivity index (χ1v) is 6.55. The monoisotopic (exact) mass is 271 g/mol. The lowest BCUT2D eigenvalue weighted by Gasteiger charge is -2.13. The van der Waals surface area contributed by atoms with Gasteiger partial charge in [0, 0.05) is 25.8 Å². The highest BCUT2D eigenvalue weighted by molar-refractivity contribution is 5.75. The molecule has 0 saturated carbocycles. The molecule has 3 aromatic rings. The predicted molar refractivity (Wildman–Crippen MR) is 77.4 cm³/mol. The van der Waals surface area contributed by atoms with E-state index in [-0.39, 0.29) is 11.7 Å². The van der Waals surface area contributed by atoms with Gasteiger partial charge in [-0.2, -0.15) is 5.10 Å². The summed E-state index contributed by atoms with van der Waals surface area (Å²) in [5, 5.41) is 7.75. The number of hydrogen-bond acceptors (Lipinski definition) is 3. The molecule has 0 spiro atoms. The van der Waals surface area contributed by atoms with Crippen LogP contribution in [0.4, 0.5) is 0 Å². The maximum Gasteiger partial charge on any atom is 0.323 e. The molecule has 0 saturated heterocycles. The largest absolute Gasteiger partial charge is 0.323 e. The van der Waals surface area contributed by atoms with Gasteiger partial charge in [-0.25, -0.2) is 4.79 Å². The van der Waals surface area contributed by atoms with Crippen LogP contribution >= 0.6 is 0 Å². The van der Waals surface area contributed by atoms with Crippen molar-refractivity contribution in [3.05, 3.63) is 52.2 Å². The van der Waals surface area contributed by atoms with Crippen molar-refractivity contribution in [3.63, 3.8) is 0 Å². The molecule has 0 aliphatic rings. The number of nitrogens with one attached hydrogen (secondary N) is 3.